The van der Waals surface area contributed by atoms with Crippen LogP contribution in [0.15, 0.2) is 31.1 Å². The fraction of sp³-hybridized carbons (Fsp3) is 0.333. The lowest BCUT2D eigenvalue weighted by Gasteiger charge is -2.33. The van der Waals surface area contributed by atoms with Gasteiger partial charge in [-0.05, 0) is 53.4 Å². The molecule has 2 aromatic rings. The van der Waals surface area contributed by atoms with Crippen molar-refractivity contribution in [2.45, 2.75) is 29.4 Å². The van der Waals surface area contributed by atoms with Crippen LogP contribution in [0.3, 0.4) is 0 Å². The van der Waals surface area contributed by atoms with Crippen molar-refractivity contribution in [1.29, 1.82) is 0 Å². The van der Waals surface area contributed by atoms with Crippen LogP contribution in [-0.4, -0.2) is 16.6 Å². The third-order valence-electron chi connectivity index (χ3n) is 3.78. The van der Waals surface area contributed by atoms with E-state index in [1.54, 1.807) is 11.3 Å². The summed E-state index contributed by atoms with van der Waals surface area (Å²) >= 11 is 11.0. The number of thiophene rings is 1. The van der Waals surface area contributed by atoms with E-state index in [9.17, 15) is 4.21 Å². The molecule has 2 heterocycles. The number of nitrogens with zero attached hydrogens (tertiary/aromatic N) is 1. The van der Waals surface area contributed by atoms with E-state index in [-0.39, 0.29) is 0 Å². The summed E-state index contributed by atoms with van der Waals surface area (Å²) < 4.78 is 14.8. The van der Waals surface area contributed by atoms with E-state index in [0.29, 0.717) is 5.88 Å². The van der Waals surface area contributed by atoms with Crippen LogP contribution in [0.1, 0.15) is 17.5 Å². The van der Waals surface area contributed by atoms with E-state index in [1.165, 1.54) is 11.1 Å². The molecule has 1 aliphatic heterocycles. The maximum absolute atomic E-state index is 12.9. The highest BCUT2D eigenvalue weighted by Crippen LogP contribution is 2.50. The Bertz CT molecular complexity index is 729. The number of hydrogen-bond acceptors (Lipinski definition) is 3. The van der Waals surface area contributed by atoms with E-state index in [2.05, 4.69) is 40.7 Å². The Balaban J connectivity index is 2.25. The van der Waals surface area contributed by atoms with E-state index in [0.717, 1.165) is 37.9 Å². The van der Waals surface area contributed by atoms with Crippen molar-refractivity contribution in [2.75, 3.05) is 17.3 Å². The Labute approximate surface area is 144 Å². The van der Waals surface area contributed by atoms with Gasteiger partial charge in [-0.25, -0.2) is 4.21 Å². The first kappa shape index (κ1) is 15.5. The molecule has 1 unspecified atom stereocenters. The highest BCUT2D eigenvalue weighted by molar-refractivity contribution is 9.10. The molecule has 0 bridgehead atoms. The predicted molar refractivity (Wildman–Crippen MR) is 95.0 cm³/mol. The number of hydrogen-bond donors (Lipinski definition) is 0. The number of alkyl halides is 1. The molecule has 0 spiro atoms. The first-order valence-corrected chi connectivity index (χ1v) is 10.0. The Morgan fingerprint density at radius 1 is 1.33 bits per heavy atom. The molecule has 0 saturated carbocycles. The van der Waals surface area contributed by atoms with Crippen LogP contribution in [0.25, 0.3) is 0 Å². The van der Waals surface area contributed by atoms with Crippen LogP contribution in [0.5, 0.6) is 0 Å². The first-order valence-electron chi connectivity index (χ1n) is 6.68. The predicted octanol–water partition coefficient (Wildman–Crippen LogP) is 5.37. The van der Waals surface area contributed by atoms with Crippen molar-refractivity contribution < 1.29 is 4.21 Å². The van der Waals surface area contributed by atoms with Gasteiger partial charge in [0.25, 0.3) is 0 Å². The van der Waals surface area contributed by atoms with Gasteiger partial charge in [0.15, 0.2) is 0 Å². The third-order valence-corrected chi connectivity index (χ3v) is 7.71. The summed E-state index contributed by atoms with van der Waals surface area (Å²) in [5.74, 6) is 0.622. The normalized spacial score (nSPS) is 16.8. The van der Waals surface area contributed by atoms with E-state index in [4.69, 9.17) is 11.6 Å². The average molecular weight is 405 g/mol. The van der Waals surface area contributed by atoms with Crippen LogP contribution in [-0.2, 0) is 10.8 Å². The van der Waals surface area contributed by atoms with Crippen molar-refractivity contribution in [1.82, 2.24) is 0 Å². The topological polar surface area (TPSA) is 20.3 Å². The minimum Gasteiger partial charge on any atom is -0.338 e. The second-order valence-corrected chi connectivity index (χ2v) is 8.79. The second kappa shape index (κ2) is 6.03. The maximum atomic E-state index is 12.9. The lowest BCUT2D eigenvalue weighted by atomic mass is 10.1. The first-order chi connectivity index (χ1) is 10.1. The summed E-state index contributed by atoms with van der Waals surface area (Å²) in [5, 5.41) is 2.02. The van der Waals surface area contributed by atoms with Gasteiger partial charge in [0.1, 0.15) is 4.21 Å². The number of benzene rings is 1. The van der Waals surface area contributed by atoms with E-state index < -0.39 is 10.8 Å². The molecule has 0 saturated heterocycles. The van der Waals surface area contributed by atoms with Crippen molar-refractivity contribution in [3.63, 3.8) is 0 Å². The van der Waals surface area contributed by atoms with Gasteiger partial charge in [-0.2, -0.15) is 0 Å². The van der Waals surface area contributed by atoms with Crippen molar-refractivity contribution in [2.24, 2.45) is 0 Å². The third kappa shape index (κ3) is 2.48. The average Bonchev–Trinajstić information content (AvgIpc) is 2.85. The lowest BCUT2D eigenvalue weighted by Crippen LogP contribution is -2.25. The fourth-order valence-corrected chi connectivity index (χ4v) is 6.32. The molecule has 112 valence electrons. The highest BCUT2D eigenvalue weighted by Gasteiger charge is 2.32. The molecule has 21 heavy (non-hydrogen) atoms. The zero-order valence-corrected chi connectivity index (χ0v) is 15.8. The number of anilines is 2. The molecule has 1 aromatic heterocycles. The van der Waals surface area contributed by atoms with Gasteiger partial charge in [0.2, 0.25) is 0 Å². The zero-order chi connectivity index (χ0) is 15.1. The van der Waals surface area contributed by atoms with E-state index in [1.807, 2.05) is 11.4 Å². The molecule has 1 atom stereocenters. The molecule has 0 radical (unpaired) electrons. The quantitative estimate of drug-likeness (QED) is 0.641. The van der Waals surface area contributed by atoms with Gasteiger partial charge >= 0.3 is 0 Å². The minimum atomic E-state index is -1.10. The lowest BCUT2D eigenvalue weighted by molar-refractivity contribution is 0.682. The number of fused-ring (bicyclic) bond motifs is 2. The minimum absolute atomic E-state index is 0.622. The molecule has 6 heteroatoms. The monoisotopic (exact) mass is 403 g/mol. The Morgan fingerprint density at radius 2 is 2.10 bits per heavy atom. The largest absolute Gasteiger partial charge is 0.338 e. The molecule has 0 fully saturated rings. The Hall–Kier alpha value is -0.360. The summed E-state index contributed by atoms with van der Waals surface area (Å²) in [5.41, 5.74) is 4.55. The molecule has 2 nitrogen and oxygen atoms in total. The van der Waals surface area contributed by atoms with E-state index >= 15 is 0 Å². The van der Waals surface area contributed by atoms with Gasteiger partial charge < -0.3 is 4.90 Å². The highest BCUT2D eigenvalue weighted by atomic mass is 79.9. The zero-order valence-electron chi connectivity index (χ0n) is 11.8. The fourth-order valence-electron chi connectivity index (χ4n) is 2.60. The summed E-state index contributed by atoms with van der Waals surface area (Å²) in [6.07, 6.45) is 0.892. The Kier molecular flexibility index (Phi) is 4.46. The molecule has 0 amide bonds. The van der Waals surface area contributed by atoms with Crippen LogP contribution in [0.4, 0.5) is 11.4 Å². The van der Waals surface area contributed by atoms with Gasteiger partial charge in [0.05, 0.1) is 31.5 Å². The van der Waals surface area contributed by atoms with Gasteiger partial charge in [-0.1, -0.05) is 6.07 Å². The van der Waals surface area contributed by atoms with Crippen molar-refractivity contribution in [3.8, 4) is 0 Å². The molecule has 0 N–H and O–H groups in total. The number of rotatable bonds is 3. The maximum Gasteiger partial charge on any atom is 0.121 e. The summed E-state index contributed by atoms with van der Waals surface area (Å²) in [4.78, 5) is 3.19. The van der Waals surface area contributed by atoms with Crippen molar-refractivity contribution >= 4 is 61.0 Å². The van der Waals surface area contributed by atoms with Crippen LogP contribution < -0.4 is 4.90 Å². The second-order valence-electron chi connectivity index (χ2n) is 5.04. The summed E-state index contributed by atoms with van der Waals surface area (Å²) in [7, 11) is -1.10. The van der Waals surface area contributed by atoms with Crippen LogP contribution >= 0.6 is 38.9 Å². The van der Waals surface area contributed by atoms with Gasteiger partial charge in [-0.3, -0.25) is 0 Å². The van der Waals surface area contributed by atoms with Crippen molar-refractivity contribution in [3.05, 3.63) is 33.1 Å². The molecular weight excluding hydrogens is 390 g/mol. The van der Waals surface area contributed by atoms with Gasteiger partial charge in [0, 0.05) is 17.8 Å². The Morgan fingerprint density at radius 3 is 2.81 bits per heavy atom. The molecule has 1 aliphatic rings. The molecule has 3 rings (SSSR count). The SMILES string of the molecule is Cc1ccc2c(c1C)N(CCCCl)c1c(Br)csc1S2=O. The molecule has 0 aliphatic carbocycles. The summed E-state index contributed by atoms with van der Waals surface area (Å²) in [6, 6.07) is 4.05. The number of halogens is 2. The van der Waals surface area contributed by atoms with Crippen LogP contribution in [0.2, 0.25) is 0 Å². The number of aryl methyl sites for hydroxylation is 1. The molecular formula is C15H15BrClNOS2. The smallest absolute Gasteiger partial charge is 0.121 e. The molecule has 1 aromatic carbocycles. The summed E-state index contributed by atoms with van der Waals surface area (Å²) in [6.45, 7) is 5.03. The van der Waals surface area contributed by atoms with Crippen LogP contribution in [0, 0.1) is 13.8 Å². The standard InChI is InChI=1S/C15H15BrClNOS2/c1-9-4-5-12-13(10(9)2)18(7-3-6-17)14-11(16)8-20-15(14)21(12)19/h4-5,8H,3,6-7H2,1-2H3. The van der Waals surface area contributed by atoms with Gasteiger partial charge in [-0.15, -0.1) is 22.9 Å².